The van der Waals surface area contributed by atoms with Crippen molar-refractivity contribution in [2.24, 2.45) is 5.92 Å². The Hall–Kier alpha value is -1.72. The largest absolute Gasteiger partial charge is 0.444 e. The Balaban J connectivity index is 1.59. The lowest BCUT2D eigenvalue weighted by Crippen LogP contribution is -2.41. The Bertz CT molecular complexity index is 578. The minimum Gasteiger partial charge on any atom is -0.444 e. The maximum atomic E-state index is 12.2. The van der Waals surface area contributed by atoms with E-state index < -0.39 is 5.60 Å². The van der Waals surface area contributed by atoms with Crippen molar-refractivity contribution in [2.45, 2.75) is 70.9 Å². The molecule has 3 rings (SSSR count). The number of hydrogen-bond acceptors (Lipinski definition) is 4. The molecule has 2 N–H and O–H groups in total. The van der Waals surface area contributed by atoms with E-state index in [4.69, 9.17) is 10.5 Å². The van der Waals surface area contributed by atoms with Crippen LogP contribution in [0, 0.1) is 5.92 Å². The number of nitrogens with two attached hydrogens (primary N) is 1. The Morgan fingerprint density at radius 3 is 2.50 bits per heavy atom. The Morgan fingerprint density at radius 1 is 1.29 bits per heavy atom. The molecule has 1 aromatic heterocycles. The lowest BCUT2D eigenvalue weighted by Gasteiger charge is -2.34. The molecule has 0 aromatic carbocycles. The van der Waals surface area contributed by atoms with Gasteiger partial charge in [-0.25, -0.2) is 4.79 Å². The number of piperidine rings is 1. The normalized spacial score (nSPS) is 20.0. The van der Waals surface area contributed by atoms with Gasteiger partial charge in [-0.15, -0.1) is 0 Å². The van der Waals surface area contributed by atoms with Crippen LogP contribution in [0.5, 0.6) is 0 Å². The number of hydrogen-bond donors (Lipinski definition) is 1. The van der Waals surface area contributed by atoms with E-state index in [9.17, 15) is 4.79 Å². The van der Waals surface area contributed by atoms with Crippen LogP contribution in [0.3, 0.4) is 0 Å². The molecular formula is C18H30N4O2. The summed E-state index contributed by atoms with van der Waals surface area (Å²) in [7, 11) is 0. The SMILES string of the molecule is CC(C)(C)OC(=O)N1CCC(c2cc(N)nn2CC2CCC2)CC1. The standard InChI is InChI=1S/C18H30N4O2/c1-18(2,3)24-17(23)21-9-7-14(8-10-21)15-11-16(19)20-22(15)12-13-5-4-6-13/h11,13-14H,4-10,12H2,1-3H3,(H2,19,20). The molecule has 1 saturated heterocycles. The highest BCUT2D eigenvalue weighted by molar-refractivity contribution is 5.68. The summed E-state index contributed by atoms with van der Waals surface area (Å²) in [5.41, 5.74) is 6.75. The van der Waals surface area contributed by atoms with E-state index in [1.54, 1.807) is 0 Å². The van der Waals surface area contributed by atoms with Gasteiger partial charge in [0.2, 0.25) is 0 Å². The Labute approximate surface area is 144 Å². The van der Waals surface area contributed by atoms with E-state index in [1.807, 2.05) is 31.7 Å². The molecule has 0 radical (unpaired) electrons. The maximum Gasteiger partial charge on any atom is 0.410 e. The van der Waals surface area contributed by atoms with Crippen LogP contribution in [0.25, 0.3) is 0 Å². The molecule has 6 nitrogen and oxygen atoms in total. The third kappa shape index (κ3) is 4.02. The number of nitrogen functional groups attached to an aromatic ring is 1. The van der Waals surface area contributed by atoms with Crippen molar-refractivity contribution in [3.63, 3.8) is 0 Å². The van der Waals surface area contributed by atoms with Gasteiger partial charge in [0.25, 0.3) is 0 Å². The first-order chi connectivity index (χ1) is 11.3. The number of ether oxygens (including phenoxy) is 1. The molecule has 1 aliphatic heterocycles. The van der Waals surface area contributed by atoms with Crippen molar-refractivity contribution in [1.82, 2.24) is 14.7 Å². The molecule has 2 aliphatic rings. The molecule has 1 amide bonds. The van der Waals surface area contributed by atoms with Crippen LogP contribution in [0.2, 0.25) is 0 Å². The topological polar surface area (TPSA) is 73.4 Å². The van der Waals surface area contributed by atoms with Crippen LogP contribution in [-0.2, 0) is 11.3 Å². The molecule has 0 unspecified atom stereocenters. The number of carbonyl (C=O) groups excluding carboxylic acids is 1. The number of carbonyl (C=O) groups is 1. The average molecular weight is 334 g/mol. The third-order valence-corrected chi connectivity index (χ3v) is 5.05. The summed E-state index contributed by atoms with van der Waals surface area (Å²) in [6.07, 6.45) is 5.62. The van der Waals surface area contributed by atoms with Crippen molar-refractivity contribution in [1.29, 1.82) is 0 Å². The van der Waals surface area contributed by atoms with Crippen LogP contribution >= 0.6 is 0 Å². The van der Waals surface area contributed by atoms with Gasteiger partial charge in [0.1, 0.15) is 11.4 Å². The molecule has 0 bridgehead atoms. The molecule has 134 valence electrons. The summed E-state index contributed by atoms with van der Waals surface area (Å²) in [4.78, 5) is 14.0. The van der Waals surface area contributed by atoms with E-state index in [1.165, 1.54) is 25.0 Å². The maximum absolute atomic E-state index is 12.2. The molecule has 24 heavy (non-hydrogen) atoms. The molecule has 1 saturated carbocycles. The van der Waals surface area contributed by atoms with Crippen LogP contribution in [0.4, 0.5) is 10.6 Å². The van der Waals surface area contributed by atoms with Gasteiger partial charge in [0, 0.05) is 37.3 Å². The van der Waals surface area contributed by atoms with Gasteiger partial charge in [-0.1, -0.05) is 6.42 Å². The monoisotopic (exact) mass is 334 g/mol. The summed E-state index contributed by atoms with van der Waals surface area (Å²) in [6.45, 7) is 8.15. The smallest absolute Gasteiger partial charge is 0.410 e. The average Bonchev–Trinajstić information content (AvgIpc) is 2.82. The van der Waals surface area contributed by atoms with Crippen molar-refractivity contribution in [3.05, 3.63) is 11.8 Å². The summed E-state index contributed by atoms with van der Waals surface area (Å²) in [5, 5.41) is 4.50. The summed E-state index contributed by atoms with van der Waals surface area (Å²) in [6, 6.07) is 2.02. The van der Waals surface area contributed by atoms with E-state index in [0.29, 0.717) is 11.7 Å². The number of aromatic nitrogens is 2. The fourth-order valence-electron chi connectivity index (χ4n) is 3.53. The predicted octanol–water partition coefficient (Wildman–Crippen LogP) is 3.38. The van der Waals surface area contributed by atoms with Crippen molar-refractivity contribution < 1.29 is 9.53 Å². The number of amides is 1. The first kappa shape index (κ1) is 17.1. The van der Waals surface area contributed by atoms with E-state index in [2.05, 4.69) is 9.78 Å². The minimum absolute atomic E-state index is 0.205. The van der Waals surface area contributed by atoms with Crippen molar-refractivity contribution in [2.75, 3.05) is 18.8 Å². The number of nitrogens with zero attached hydrogens (tertiary/aromatic N) is 3. The second kappa shape index (κ2) is 6.65. The third-order valence-electron chi connectivity index (χ3n) is 5.05. The first-order valence-electron chi connectivity index (χ1n) is 9.13. The molecule has 0 spiro atoms. The zero-order valence-electron chi connectivity index (χ0n) is 15.1. The Morgan fingerprint density at radius 2 is 1.96 bits per heavy atom. The van der Waals surface area contributed by atoms with Gasteiger partial charge < -0.3 is 15.4 Å². The van der Waals surface area contributed by atoms with Gasteiger partial charge >= 0.3 is 6.09 Å². The fourth-order valence-corrected chi connectivity index (χ4v) is 3.53. The zero-order valence-corrected chi connectivity index (χ0v) is 15.1. The number of rotatable bonds is 3. The Kier molecular flexibility index (Phi) is 4.74. The summed E-state index contributed by atoms with van der Waals surface area (Å²) >= 11 is 0. The summed E-state index contributed by atoms with van der Waals surface area (Å²) in [5.74, 6) is 1.79. The molecule has 2 heterocycles. The zero-order chi connectivity index (χ0) is 17.3. The molecule has 2 fully saturated rings. The van der Waals surface area contributed by atoms with Crippen LogP contribution in [0.1, 0.15) is 64.5 Å². The molecule has 0 atom stereocenters. The highest BCUT2D eigenvalue weighted by atomic mass is 16.6. The second-order valence-electron chi connectivity index (χ2n) is 8.21. The number of anilines is 1. The van der Waals surface area contributed by atoms with E-state index in [-0.39, 0.29) is 6.09 Å². The highest BCUT2D eigenvalue weighted by Gasteiger charge is 2.30. The lowest BCUT2D eigenvalue weighted by molar-refractivity contribution is 0.0203. The second-order valence-corrected chi connectivity index (χ2v) is 8.21. The minimum atomic E-state index is -0.441. The molecule has 1 aromatic rings. The van der Waals surface area contributed by atoms with Gasteiger partial charge in [-0.3, -0.25) is 4.68 Å². The first-order valence-corrected chi connectivity index (χ1v) is 9.13. The molecular weight excluding hydrogens is 304 g/mol. The van der Waals surface area contributed by atoms with E-state index in [0.717, 1.165) is 38.4 Å². The number of likely N-dealkylation sites (tertiary alicyclic amines) is 1. The van der Waals surface area contributed by atoms with Crippen molar-refractivity contribution in [3.8, 4) is 0 Å². The van der Waals surface area contributed by atoms with Crippen molar-refractivity contribution >= 4 is 11.9 Å². The predicted molar refractivity (Wildman–Crippen MR) is 93.8 cm³/mol. The molecule has 1 aliphatic carbocycles. The van der Waals surface area contributed by atoms with Gasteiger partial charge in [0.05, 0.1) is 0 Å². The van der Waals surface area contributed by atoms with Crippen LogP contribution < -0.4 is 5.73 Å². The van der Waals surface area contributed by atoms with Gasteiger partial charge in [-0.05, 0) is 52.4 Å². The van der Waals surface area contributed by atoms with E-state index >= 15 is 0 Å². The van der Waals surface area contributed by atoms with Gasteiger partial charge in [0.15, 0.2) is 0 Å². The highest BCUT2D eigenvalue weighted by Crippen LogP contribution is 2.33. The van der Waals surface area contributed by atoms with Gasteiger partial charge in [-0.2, -0.15) is 5.10 Å². The fraction of sp³-hybridized carbons (Fsp3) is 0.778. The molecule has 6 heteroatoms. The summed E-state index contributed by atoms with van der Waals surface area (Å²) < 4.78 is 7.59. The lowest BCUT2D eigenvalue weighted by atomic mass is 9.85. The quantitative estimate of drug-likeness (QED) is 0.919. The van der Waals surface area contributed by atoms with Crippen LogP contribution in [0.15, 0.2) is 6.07 Å². The van der Waals surface area contributed by atoms with Crippen LogP contribution in [-0.4, -0.2) is 39.5 Å².